The number of H-pyrrole nitrogens is 1. The molecule has 25 heavy (non-hydrogen) atoms. The van der Waals surface area contributed by atoms with Crippen LogP contribution in [0.3, 0.4) is 0 Å². The van der Waals surface area contributed by atoms with Gasteiger partial charge in [-0.1, -0.05) is 6.07 Å². The van der Waals surface area contributed by atoms with Crippen molar-refractivity contribution in [3.05, 3.63) is 59.3 Å². The van der Waals surface area contributed by atoms with Gasteiger partial charge in [0.05, 0.1) is 13.5 Å². The quantitative estimate of drug-likeness (QED) is 0.751. The smallest absolute Gasteiger partial charge is 0.231 e. The summed E-state index contributed by atoms with van der Waals surface area (Å²) in [6.07, 6.45) is 2.27. The maximum atomic E-state index is 12.9. The minimum absolute atomic E-state index is 0.0937. The molecule has 0 aliphatic rings. The molecule has 0 radical (unpaired) electrons. The Morgan fingerprint density at radius 3 is 2.48 bits per heavy atom. The van der Waals surface area contributed by atoms with Crippen molar-refractivity contribution in [2.75, 3.05) is 18.6 Å². The fraction of sp³-hybridized carbons (Fsp3) is 0.286. The van der Waals surface area contributed by atoms with Crippen molar-refractivity contribution in [3.8, 4) is 5.75 Å². The summed E-state index contributed by atoms with van der Waals surface area (Å²) in [6.45, 7) is 6.77. The number of nitrogens with one attached hydrogen (secondary N) is 1. The molecule has 4 nitrogen and oxygen atoms in total. The molecule has 3 rings (SSSR count). The lowest BCUT2D eigenvalue weighted by atomic mass is 10.1. The van der Waals surface area contributed by atoms with Crippen molar-refractivity contribution < 1.29 is 9.53 Å². The van der Waals surface area contributed by atoms with E-state index in [0.29, 0.717) is 13.0 Å². The van der Waals surface area contributed by atoms with Crippen LogP contribution in [-0.4, -0.2) is 24.5 Å². The second-order valence-corrected chi connectivity index (χ2v) is 6.39. The molecule has 0 fully saturated rings. The molecule has 0 unspecified atom stereocenters. The Bertz CT molecular complexity index is 891. The number of nitrogens with zero attached hydrogens (tertiary/aromatic N) is 1. The Labute approximate surface area is 148 Å². The topological polar surface area (TPSA) is 45.3 Å². The Hall–Kier alpha value is -2.75. The predicted molar refractivity (Wildman–Crippen MR) is 102 cm³/mol. The van der Waals surface area contributed by atoms with Gasteiger partial charge in [0.25, 0.3) is 0 Å². The molecule has 0 spiro atoms. The predicted octanol–water partition coefficient (Wildman–Crippen LogP) is 4.39. The first-order valence-electron chi connectivity index (χ1n) is 8.54. The van der Waals surface area contributed by atoms with Crippen LogP contribution in [0.1, 0.15) is 23.6 Å². The average Bonchev–Trinajstić information content (AvgIpc) is 2.96. The summed E-state index contributed by atoms with van der Waals surface area (Å²) in [5, 5.41) is 1.03. The number of amides is 1. The number of aromatic amines is 1. The van der Waals surface area contributed by atoms with E-state index in [0.717, 1.165) is 39.0 Å². The number of fused-ring (bicyclic) bond motifs is 1. The van der Waals surface area contributed by atoms with Crippen LogP contribution in [0.25, 0.3) is 10.9 Å². The van der Waals surface area contributed by atoms with E-state index < -0.39 is 0 Å². The van der Waals surface area contributed by atoms with E-state index in [9.17, 15) is 4.79 Å². The van der Waals surface area contributed by atoms with Crippen LogP contribution in [0.5, 0.6) is 5.75 Å². The van der Waals surface area contributed by atoms with Gasteiger partial charge in [-0.3, -0.25) is 4.79 Å². The number of likely N-dealkylation sites (N-methyl/N-ethyl adjacent to an activating group) is 1. The molecule has 0 atom stereocenters. The molecule has 130 valence electrons. The second-order valence-electron chi connectivity index (χ2n) is 6.39. The van der Waals surface area contributed by atoms with Crippen LogP contribution in [0.15, 0.2) is 42.6 Å². The highest BCUT2D eigenvalue weighted by molar-refractivity contribution is 5.98. The van der Waals surface area contributed by atoms with E-state index in [1.807, 2.05) is 36.2 Å². The van der Waals surface area contributed by atoms with Gasteiger partial charge in [0, 0.05) is 29.3 Å². The van der Waals surface area contributed by atoms with Gasteiger partial charge in [0.15, 0.2) is 0 Å². The summed E-state index contributed by atoms with van der Waals surface area (Å²) in [6, 6.07) is 12.1. The zero-order valence-electron chi connectivity index (χ0n) is 15.2. The normalized spacial score (nSPS) is 10.9. The number of anilines is 1. The number of hydrogen-bond donors (Lipinski definition) is 1. The number of aromatic nitrogens is 1. The van der Waals surface area contributed by atoms with Crippen LogP contribution < -0.4 is 9.64 Å². The number of ether oxygens (including phenoxy) is 1. The Morgan fingerprint density at radius 1 is 1.12 bits per heavy atom. The molecule has 1 amide bonds. The van der Waals surface area contributed by atoms with E-state index in [4.69, 9.17) is 4.74 Å². The maximum absolute atomic E-state index is 12.9. The van der Waals surface area contributed by atoms with Crippen molar-refractivity contribution in [1.29, 1.82) is 0 Å². The molecule has 1 heterocycles. The molecule has 2 aromatic carbocycles. The van der Waals surface area contributed by atoms with Crippen molar-refractivity contribution in [1.82, 2.24) is 4.98 Å². The number of methoxy groups -OCH3 is 1. The van der Waals surface area contributed by atoms with Gasteiger partial charge in [-0.2, -0.15) is 0 Å². The molecule has 0 saturated heterocycles. The van der Waals surface area contributed by atoms with E-state index in [2.05, 4.69) is 37.0 Å². The highest BCUT2D eigenvalue weighted by Gasteiger charge is 2.17. The third kappa shape index (κ3) is 3.53. The van der Waals surface area contributed by atoms with E-state index in [1.54, 1.807) is 7.11 Å². The summed E-state index contributed by atoms with van der Waals surface area (Å²) in [4.78, 5) is 18.0. The van der Waals surface area contributed by atoms with E-state index in [-0.39, 0.29) is 5.91 Å². The van der Waals surface area contributed by atoms with Crippen LogP contribution in [-0.2, 0) is 11.2 Å². The van der Waals surface area contributed by atoms with Gasteiger partial charge in [0.1, 0.15) is 5.75 Å². The molecular formula is C21H24N2O2. The third-order valence-electron chi connectivity index (χ3n) is 4.45. The van der Waals surface area contributed by atoms with Crippen LogP contribution >= 0.6 is 0 Å². The van der Waals surface area contributed by atoms with Crippen LogP contribution in [0.4, 0.5) is 5.69 Å². The molecule has 0 aliphatic heterocycles. The van der Waals surface area contributed by atoms with Gasteiger partial charge in [-0.25, -0.2) is 0 Å². The van der Waals surface area contributed by atoms with Gasteiger partial charge in [0.2, 0.25) is 5.91 Å². The molecule has 0 aliphatic carbocycles. The van der Waals surface area contributed by atoms with Crippen molar-refractivity contribution in [3.63, 3.8) is 0 Å². The molecule has 4 heteroatoms. The first-order valence-corrected chi connectivity index (χ1v) is 8.54. The third-order valence-corrected chi connectivity index (χ3v) is 4.45. The molecule has 3 aromatic rings. The fourth-order valence-electron chi connectivity index (χ4n) is 3.30. The van der Waals surface area contributed by atoms with Crippen LogP contribution in [0, 0.1) is 13.8 Å². The molecule has 1 aromatic heterocycles. The minimum Gasteiger partial charge on any atom is -0.497 e. The Balaban J connectivity index is 1.90. The highest BCUT2D eigenvalue weighted by Crippen LogP contribution is 2.25. The average molecular weight is 336 g/mol. The maximum Gasteiger partial charge on any atom is 0.231 e. The van der Waals surface area contributed by atoms with Crippen LogP contribution in [0.2, 0.25) is 0 Å². The zero-order valence-corrected chi connectivity index (χ0v) is 15.2. The van der Waals surface area contributed by atoms with E-state index in [1.165, 1.54) is 0 Å². The fourth-order valence-corrected chi connectivity index (χ4v) is 3.30. The Morgan fingerprint density at radius 2 is 1.84 bits per heavy atom. The zero-order chi connectivity index (χ0) is 18.0. The van der Waals surface area contributed by atoms with Crippen molar-refractivity contribution >= 4 is 22.5 Å². The second kappa shape index (κ2) is 7.01. The van der Waals surface area contributed by atoms with Crippen molar-refractivity contribution in [2.24, 2.45) is 0 Å². The SMILES string of the molecule is CCN(C(=O)Cc1c[nH]c2ccc(OC)cc12)c1cc(C)cc(C)c1. The number of hydrogen-bond acceptors (Lipinski definition) is 2. The van der Waals surface area contributed by atoms with E-state index >= 15 is 0 Å². The Kier molecular flexibility index (Phi) is 4.79. The highest BCUT2D eigenvalue weighted by atomic mass is 16.5. The monoisotopic (exact) mass is 336 g/mol. The van der Waals surface area contributed by atoms with Gasteiger partial charge in [-0.05, 0) is 67.8 Å². The summed E-state index contributed by atoms with van der Waals surface area (Å²) in [5.41, 5.74) is 5.29. The van der Waals surface area contributed by atoms with Gasteiger partial charge < -0.3 is 14.6 Å². The number of benzene rings is 2. The van der Waals surface area contributed by atoms with Gasteiger partial charge >= 0.3 is 0 Å². The van der Waals surface area contributed by atoms with Gasteiger partial charge in [-0.15, -0.1) is 0 Å². The lowest BCUT2D eigenvalue weighted by molar-refractivity contribution is -0.117. The largest absolute Gasteiger partial charge is 0.497 e. The summed E-state index contributed by atoms with van der Waals surface area (Å²) in [7, 11) is 1.65. The molecule has 0 bridgehead atoms. The number of rotatable bonds is 5. The summed E-state index contributed by atoms with van der Waals surface area (Å²) >= 11 is 0. The van der Waals surface area contributed by atoms with Crippen molar-refractivity contribution in [2.45, 2.75) is 27.2 Å². The lowest BCUT2D eigenvalue weighted by Crippen LogP contribution is -2.32. The summed E-state index contributed by atoms with van der Waals surface area (Å²) in [5.74, 6) is 0.888. The first kappa shape index (κ1) is 17.1. The molecular weight excluding hydrogens is 312 g/mol. The molecule has 0 saturated carbocycles. The number of carbonyl (C=O) groups is 1. The summed E-state index contributed by atoms with van der Waals surface area (Å²) < 4.78 is 5.31. The molecule has 1 N–H and O–H groups in total. The lowest BCUT2D eigenvalue weighted by Gasteiger charge is -2.22. The minimum atomic E-state index is 0.0937. The number of carbonyl (C=O) groups excluding carboxylic acids is 1. The number of aryl methyl sites for hydroxylation is 2. The standard InChI is InChI=1S/C21H24N2O2/c1-5-23(17-9-14(2)8-15(3)10-17)21(24)11-16-13-22-20-7-6-18(25-4)12-19(16)20/h6-10,12-13,22H,5,11H2,1-4H3. The first-order chi connectivity index (χ1) is 12.0.